The summed E-state index contributed by atoms with van der Waals surface area (Å²) in [5.41, 5.74) is 0.751. The van der Waals surface area contributed by atoms with Crippen LogP contribution in [-0.2, 0) is 11.3 Å². The molecule has 7 heteroatoms. The van der Waals surface area contributed by atoms with E-state index in [0.717, 1.165) is 9.75 Å². The van der Waals surface area contributed by atoms with Gasteiger partial charge < -0.3 is 9.84 Å². The highest BCUT2D eigenvalue weighted by molar-refractivity contribution is 7.15. The third-order valence-corrected chi connectivity index (χ3v) is 4.44. The van der Waals surface area contributed by atoms with E-state index in [9.17, 15) is 15.2 Å². The fraction of sp³-hybridized carbons (Fsp3) is 0.375. The van der Waals surface area contributed by atoms with Crippen LogP contribution in [0.4, 0.5) is 5.69 Å². The van der Waals surface area contributed by atoms with Crippen LogP contribution in [0.25, 0.3) is 10.4 Å². The van der Waals surface area contributed by atoms with Gasteiger partial charge in [-0.05, 0) is 25.2 Å². The molecule has 1 N–H and O–H groups in total. The zero-order valence-corrected chi connectivity index (χ0v) is 14.0. The van der Waals surface area contributed by atoms with Gasteiger partial charge in [0.15, 0.2) is 0 Å². The van der Waals surface area contributed by atoms with E-state index in [1.165, 1.54) is 17.4 Å². The highest BCUT2D eigenvalue weighted by Gasteiger charge is 2.16. The summed E-state index contributed by atoms with van der Waals surface area (Å²) < 4.78 is 4.91. The number of ether oxygens (including phenoxy) is 1. The van der Waals surface area contributed by atoms with Crippen LogP contribution in [-0.4, -0.2) is 48.3 Å². The van der Waals surface area contributed by atoms with Crippen LogP contribution in [0.1, 0.15) is 4.88 Å². The Hall–Kier alpha value is -1.80. The fourth-order valence-electron chi connectivity index (χ4n) is 2.38. The van der Waals surface area contributed by atoms with E-state index in [0.29, 0.717) is 25.3 Å². The first-order chi connectivity index (χ1) is 11.0. The standard InChI is InChI=1S/C16H20N2O4S/c1-17(9-12(19)11-22-2)10-13-7-8-16(23-13)14-5-3-4-6-15(14)18(20)21/h3-8,12,19H,9-11H2,1-2H3. The number of aliphatic hydroxyl groups is 1. The number of hydrogen-bond acceptors (Lipinski definition) is 6. The summed E-state index contributed by atoms with van der Waals surface area (Å²) in [5, 5.41) is 20.9. The van der Waals surface area contributed by atoms with Gasteiger partial charge in [0.25, 0.3) is 5.69 Å². The number of nitrogens with zero attached hydrogens (tertiary/aromatic N) is 2. The Labute approximate surface area is 139 Å². The van der Waals surface area contributed by atoms with Gasteiger partial charge in [0, 0.05) is 36.0 Å². The summed E-state index contributed by atoms with van der Waals surface area (Å²) in [6.07, 6.45) is -0.528. The molecular formula is C16H20N2O4S. The number of para-hydroxylation sites is 1. The van der Waals surface area contributed by atoms with Crippen molar-refractivity contribution < 1.29 is 14.8 Å². The van der Waals surface area contributed by atoms with Gasteiger partial charge in [0.2, 0.25) is 0 Å². The first-order valence-electron chi connectivity index (χ1n) is 7.19. The van der Waals surface area contributed by atoms with E-state index >= 15 is 0 Å². The monoisotopic (exact) mass is 336 g/mol. The number of nitro benzene ring substituents is 1. The lowest BCUT2D eigenvalue weighted by molar-refractivity contribution is -0.384. The Kier molecular flexibility index (Phi) is 6.23. The van der Waals surface area contributed by atoms with Crippen molar-refractivity contribution in [2.75, 3.05) is 27.3 Å². The zero-order chi connectivity index (χ0) is 16.8. The molecule has 6 nitrogen and oxygen atoms in total. The third kappa shape index (κ3) is 4.84. The first-order valence-corrected chi connectivity index (χ1v) is 8.01. The normalized spacial score (nSPS) is 12.5. The van der Waals surface area contributed by atoms with E-state index in [2.05, 4.69) is 0 Å². The SMILES string of the molecule is COCC(O)CN(C)Cc1ccc(-c2ccccc2[N+](=O)[O-])s1. The van der Waals surface area contributed by atoms with Gasteiger partial charge in [-0.15, -0.1) is 11.3 Å². The van der Waals surface area contributed by atoms with E-state index in [4.69, 9.17) is 4.74 Å². The molecule has 0 aliphatic carbocycles. The van der Waals surface area contributed by atoms with Crippen LogP contribution in [0.15, 0.2) is 36.4 Å². The van der Waals surface area contributed by atoms with Gasteiger partial charge in [0.05, 0.1) is 23.2 Å². The molecule has 124 valence electrons. The van der Waals surface area contributed by atoms with E-state index in [-0.39, 0.29) is 10.6 Å². The average molecular weight is 336 g/mol. The van der Waals surface area contributed by atoms with Crippen LogP contribution in [0.2, 0.25) is 0 Å². The second kappa shape index (κ2) is 8.16. The van der Waals surface area contributed by atoms with Crippen molar-refractivity contribution in [2.24, 2.45) is 0 Å². The summed E-state index contributed by atoms with van der Waals surface area (Å²) in [4.78, 5) is 14.7. The molecule has 1 atom stereocenters. The molecule has 2 rings (SSSR count). The molecule has 0 spiro atoms. The average Bonchev–Trinajstić information content (AvgIpc) is 2.95. The van der Waals surface area contributed by atoms with E-state index in [1.807, 2.05) is 24.1 Å². The molecule has 23 heavy (non-hydrogen) atoms. The minimum atomic E-state index is -0.528. The van der Waals surface area contributed by atoms with Crippen molar-refractivity contribution in [3.05, 3.63) is 51.4 Å². The predicted molar refractivity (Wildman–Crippen MR) is 90.6 cm³/mol. The van der Waals surface area contributed by atoms with Crippen molar-refractivity contribution >= 4 is 17.0 Å². The fourth-order valence-corrected chi connectivity index (χ4v) is 3.51. The molecule has 1 aromatic heterocycles. The molecule has 1 aromatic carbocycles. The van der Waals surface area contributed by atoms with Gasteiger partial charge >= 0.3 is 0 Å². The van der Waals surface area contributed by atoms with Gasteiger partial charge in [-0.1, -0.05) is 12.1 Å². The number of thiophene rings is 1. The number of rotatable bonds is 8. The Morgan fingerprint density at radius 1 is 1.35 bits per heavy atom. The second-order valence-corrected chi connectivity index (χ2v) is 6.51. The van der Waals surface area contributed by atoms with Crippen LogP contribution in [0.5, 0.6) is 0 Å². The van der Waals surface area contributed by atoms with Crippen LogP contribution in [0, 0.1) is 10.1 Å². The molecule has 1 heterocycles. The molecule has 0 saturated heterocycles. The third-order valence-electron chi connectivity index (χ3n) is 3.34. The number of methoxy groups -OCH3 is 1. The topological polar surface area (TPSA) is 75.8 Å². The second-order valence-electron chi connectivity index (χ2n) is 5.35. The van der Waals surface area contributed by atoms with Crippen molar-refractivity contribution in [1.29, 1.82) is 0 Å². The van der Waals surface area contributed by atoms with Crippen molar-refractivity contribution in [2.45, 2.75) is 12.6 Å². The number of likely N-dealkylation sites (N-methyl/N-ethyl adjacent to an activating group) is 1. The Bertz CT molecular complexity index is 659. The number of hydrogen-bond donors (Lipinski definition) is 1. The Morgan fingerprint density at radius 2 is 2.09 bits per heavy atom. The zero-order valence-electron chi connectivity index (χ0n) is 13.1. The van der Waals surface area contributed by atoms with E-state index < -0.39 is 6.10 Å². The van der Waals surface area contributed by atoms with Crippen molar-refractivity contribution in [1.82, 2.24) is 4.90 Å². The molecule has 0 amide bonds. The Morgan fingerprint density at radius 3 is 2.78 bits per heavy atom. The summed E-state index contributed by atoms with van der Waals surface area (Å²) in [6, 6.07) is 10.6. The number of aliphatic hydroxyl groups excluding tert-OH is 1. The molecular weight excluding hydrogens is 316 g/mol. The lowest BCUT2D eigenvalue weighted by Gasteiger charge is -2.19. The molecule has 0 radical (unpaired) electrons. The summed E-state index contributed by atoms with van der Waals surface area (Å²) >= 11 is 1.53. The maximum Gasteiger partial charge on any atom is 0.278 e. The lowest BCUT2D eigenvalue weighted by atomic mass is 10.1. The van der Waals surface area contributed by atoms with Gasteiger partial charge in [-0.25, -0.2) is 0 Å². The lowest BCUT2D eigenvalue weighted by Crippen LogP contribution is -2.31. The molecule has 0 aliphatic rings. The largest absolute Gasteiger partial charge is 0.389 e. The number of benzene rings is 1. The smallest absolute Gasteiger partial charge is 0.278 e. The maximum absolute atomic E-state index is 11.1. The summed E-state index contributed by atoms with van der Waals surface area (Å²) in [6.45, 7) is 1.48. The van der Waals surface area contributed by atoms with Crippen molar-refractivity contribution in [3.8, 4) is 10.4 Å². The van der Waals surface area contributed by atoms with Gasteiger partial charge in [0.1, 0.15) is 0 Å². The molecule has 2 aromatic rings. The summed E-state index contributed by atoms with van der Waals surface area (Å²) in [5.74, 6) is 0. The van der Waals surface area contributed by atoms with Gasteiger partial charge in [-0.3, -0.25) is 15.0 Å². The Balaban J connectivity index is 2.08. The quantitative estimate of drug-likeness (QED) is 0.592. The minimum Gasteiger partial charge on any atom is -0.389 e. The highest BCUT2D eigenvalue weighted by atomic mass is 32.1. The summed E-state index contributed by atoms with van der Waals surface area (Å²) in [7, 11) is 3.48. The molecule has 0 saturated carbocycles. The van der Waals surface area contributed by atoms with Gasteiger partial charge in [-0.2, -0.15) is 0 Å². The van der Waals surface area contributed by atoms with Crippen LogP contribution in [0.3, 0.4) is 0 Å². The molecule has 1 unspecified atom stereocenters. The van der Waals surface area contributed by atoms with Crippen LogP contribution >= 0.6 is 11.3 Å². The molecule has 0 aliphatic heterocycles. The predicted octanol–water partition coefficient (Wildman–Crippen LogP) is 2.76. The van der Waals surface area contributed by atoms with E-state index in [1.54, 1.807) is 25.3 Å². The first kappa shape index (κ1) is 17.6. The van der Waals surface area contributed by atoms with Crippen LogP contribution < -0.4 is 0 Å². The molecule has 0 fully saturated rings. The minimum absolute atomic E-state index is 0.116. The molecule has 0 bridgehead atoms. The maximum atomic E-state index is 11.1. The number of nitro groups is 1. The van der Waals surface area contributed by atoms with Crippen molar-refractivity contribution in [3.63, 3.8) is 0 Å². The highest BCUT2D eigenvalue weighted by Crippen LogP contribution is 2.34.